The van der Waals surface area contributed by atoms with E-state index in [0.29, 0.717) is 11.9 Å². The van der Waals surface area contributed by atoms with Crippen molar-refractivity contribution < 1.29 is 9.72 Å². The van der Waals surface area contributed by atoms with Crippen LogP contribution in [-0.4, -0.2) is 11.2 Å². The van der Waals surface area contributed by atoms with Crippen LogP contribution in [0.15, 0.2) is 23.4 Å². The van der Waals surface area contributed by atoms with Crippen molar-refractivity contribution in [3.05, 3.63) is 33.5 Å². The zero-order valence-electron chi connectivity index (χ0n) is 7.11. The zero-order chi connectivity index (χ0) is 9.56. The molecule has 4 heteroatoms. The highest BCUT2D eigenvalue weighted by Crippen LogP contribution is 2.12. The molecule has 0 aliphatic carbocycles. The van der Waals surface area contributed by atoms with Crippen molar-refractivity contribution in [1.29, 1.82) is 0 Å². The van der Waals surface area contributed by atoms with Gasteiger partial charge in [0.1, 0.15) is 6.29 Å². The molecule has 0 atom stereocenters. The molecule has 12 heavy (non-hydrogen) atoms. The van der Waals surface area contributed by atoms with Gasteiger partial charge >= 0.3 is 0 Å². The van der Waals surface area contributed by atoms with Crippen molar-refractivity contribution in [3.8, 4) is 0 Å². The van der Waals surface area contributed by atoms with Gasteiger partial charge in [-0.25, -0.2) is 0 Å². The highest BCUT2D eigenvalue weighted by atomic mass is 16.6. The molecule has 0 N–H and O–H groups in total. The Morgan fingerprint density at radius 3 is 2.25 bits per heavy atom. The predicted molar refractivity (Wildman–Crippen MR) is 45.2 cm³/mol. The Morgan fingerprint density at radius 1 is 1.42 bits per heavy atom. The minimum absolute atomic E-state index is 0.00426. The monoisotopic (exact) mass is 169 g/mol. The van der Waals surface area contributed by atoms with Gasteiger partial charge in [0, 0.05) is 12.0 Å². The maximum absolute atomic E-state index is 10.4. The van der Waals surface area contributed by atoms with Crippen LogP contribution in [0.3, 0.4) is 0 Å². The molecule has 0 rings (SSSR count). The lowest BCUT2D eigenvalue weighted by atomic mass is 10.1. The van der Waals surface area contributed by atoms with E-state index < -0.39 is 4.92 Å². The summed E-state index contributed by atoms with van der Waals surface area (Å²) >= 11 is 0. The van der Waals surface area contributed by atoms with Crippen molar-refractivity contribution in [2.75, 3.05) is 0 Å². The molecule has 0 amide bonds. The Hall–Kier alpha value is -1.45. The molecule has 0 radical (unpaired) electrons. The third kappa shape index (κ3) is 2.65. The van der Waals surface area contributed by atoms with Gasteiger partial charge < -0.3 is 4.79 Å². The van der Waals surface area contributed by atoms with Crippen LogP contribution < -0.4 is 0 Å². The Morgan fingerprint density at radius 2 is 2.00 bits per heavy atom. The van der Waals surface area contributed by atoms with E-state index in [-0.39, 0.29) is 12.1 Å². The first-order valence-corrected chi connectivity index (χ1v) is 3.57. The summed E-state index contributed by atoms with van der Waals surface area (Å²) in [6.45, 7) is 3.25. The Balaban J connectivity index is 4.71. The average Bonchev–Trinajstić information content (AvgIpc) is 2.03. The van der Waals surface area contributed by atoms with E-state index in [4.69, 9.17) is 0 Å². The average molecular weight is 169 g/mol. The summed E-state index contributed by atoms with van der Waals surface area (Å²) in [6.07, 6.45) is 3.71. The number of carbonyl (C=O) groups excluding carboxylic acids is 1. The van der Waals surface area contributed by atoms with E-state index in [9.17, 15) is 14.9 Å². The standard InChI is InChI=1S/C8H11NO3/c1-3-7(5-6-10)8(4-2)9(11)12/h3-4,6H,5H2,1-2H3/b7-3-,8-4+. The van der Waals surface area contributed by atoms with Gasteiger partial charge in [0.15, 0.2) is 0 Å². The summed E-state index contributed by atoms with van der Waals surface area (Å²) in [5.41, 5.74) is 0.460. The molecular formula is C8H11NO3. The SMILES string of the molecule is C/C=C(CC=O)\C(=C/C)[N+](=O)[O-]. The van der Waals surface area contributed by atoms with Gasteiger partial charge in [-0.15, -0.1) is 0 Å². The van der Waals surface area contributed by atoms with Gasteiger partial charge in [-0.1, -0.05) is 6.08 Å². The molecule has 0 spiro atoms. The topological polar surface area (TPSA) is 60.2 Å². The molecule has 0 unspecified atom stereocenters. The lowest BCUT2D eigenvalue weighted by Gasteiger charge is -1.98. The molecular weight excluding hydrogens is 158 g/mol. The maximum atomic E-state index is 10.4. The van der Waals surface area contributed by atoms with Crippen LogP contribution in [0, 0.1) is 10.1 Å². The Bertz CT molecular complexity index is 241. The third-order valence-corrected chi connectivity index (χ3v) is 1.45. The molecule has 4 nitrogen and oxygen atoms in total. The zero-order valence-corrected chi connectivity index (χ0v) is 7.11. The van der Waals surface area contributed by atoms with Gasteiger partial charge in [-0.2, -0.15) is 0 Å². The maximum Gasteiger partial charge on any atom is 0.268 e. The van der Waals surface area contributed by atoms with E-state index in [1.165, 1.54) is 6.08 Å². The number of rotatable bonds is 4. The van der Waals surface area contributed by atoms with Crippen LogP contribution in [-0.2, 0) is 4.79 Å². The predicted octanol–water partition coefficient (Wildman–Crippen LogP) is 1.70. The van der Waals surface area contributed by atoms with Crippen LogP contribution in [0.5, 0.6) is 0 Å². The minimum Gasteiger partial charge on any atom is -0.303 e. The quantitative estimate of drug-likeness (QED) is 0.278. The van der Waals surface area contributed by atoms with E-state index in [1.54, 1.807) is 19.9 Å². The summed E-state index contributed by atoms with van der Waals surface area (Å²) in [7, 11) is 0. The molecule has 0 aromatic rings. The lowest BCUT2D eigenvalue weighted by Crippen LogP contribution is -2.02. The Kier molecular flexibility index (Phi) is 4.60. The second-order valence-electron chi connectivity index (χ2n) is 2.12. The van der Waals surface area contributed by atoms with Gasteiger partial charge in [0.2, 0.25) is 0 Å². The van der Waals surface area contributed by atoms with Crippen LogP contribution >= 0.6 is 0 Å². The summed E-state index contributed by atoms with van der Waals surface area (Å²) in [5, 5.41) is 10.4. The summed E-state index contributed by atoms with van der Waals surface area (Å²) in [6, 6.07) is 0. The number of hydrogen-bond acceptors (Lipinski definition) is 3. The van der Waals surface area contributed by atoms with Crippen LogP contribution in [0.2, 0.25) is 0 Å². The summed E-state index contributed by atoms with van der Waals surface area (Å²) < 4.78 is 0. The fraction of sp³-hybridized carbons (Fsp3) is 0.375. The largest absolute Gasteiger partial charge is 0.303 e. The molecule has 66 valence electrons. The van der Waals surface area contributed by atoms with E-state index >= 15 is 0 Å². The number of nitro groups is 1. The molecule has 0 fully saturated rings. The van der Waals surface area contributed by atoms with Crippen molar-refractivity contribution in [2.45, 2.75) is 20.3 Å². The van der Waals surface area contributed by atoms with Crippen LogP contribution in [0.25, 0.3) is 0 Å². The van der Waals surface area contributed by atoms with E-state index in [2.05, 4.69) is 0 Å². The van der Waals surface area contributed by atoms with E-state index in [1.807, 2.05) is 0 Å². The number of nitrogens with zero attached hydrogens (tertiary/aromatic N) is 1. The van der Waals surface area contributed by atoms with Gasteiger partial charge in [-0.05, 0) is 19.9 Å². The molecule has 0 saturated carbocycles. The number of allylic oxidation sites excluding steroid dienone is 3. The second kappa shape index (κ2) is 5.23. The van der Waals surface area contributed by atoms with Crippen molar-refractivity contribution >= 4 is 6.29 Å². The first-order chi connectivity index (χ1) is 5.67. The smallest absolute Gasteiger partial charge is 0.268 e. The van der Waals surface area contributed by atoms with Crippen molar-refractivity contribution in [2.24, 2.45) is 0 Å². The molecule has 0 saturated heterocycles. The fourth-order valence-electron chi connectivity index (χ4n) is 0.868. The summed E-state index contributed by atoms with van der Waals surface area (Å²) in [5.74, 6) is 0. The van der Waals surface area contributed by atoms with Gasteiger partial charge in [0.25, 0.3) is 5.70 Å². The normalized spacial score (nSPS) is 12.8. The first-order valence-electron chi connectivity index (χ1n) is 3.57. The highest BCUT2D eigenvalue weighted by molar-refractivity contribution is 5.56. The van der Waals surface area contributed by atoms with Gasteiger partial charge in [-0.3, -0.25) is 10.1 Å². The molecule has 0 aliphatic heterocycles. The fourth-order valence-corrected chi connectivity index (χ4v) is 0.868. The van der Waals surface area contributed by atoms with Crippen LogP contribution in [0.4, 0.5) is 0 Å². The number of aldehydes is 1. The van der Waals surface area contributed by atoms with Crippen molar-refractivity contribution in [3.63, 3.8) is 0 Å². The lowest BCUT2D eigenvalue weighted by molar-refractivity contribution is -0.421. The van der Waals surface area contributed by atoms with E-state index in [0.717, 1.165) is 0 Å². The number of carbonyl (C=O) groups is 1. The highest BCUT2D eigenvalue weighted by Gasteiger charge is 2.13. The molecule has 0 aromatic heterocycles. The Labute approximate surface area is 70.7 Å². The first kappa shape index (κ1) is 10.6. The van der Waals surface area contributed by atoms with Gasteiger partial charge in [0.05, 0.1) is 4.92 Å². The van der Waals surface area contributed by atoms with Crippen molar-refractivity contribution in [1.82, 2.24) is 0 Å². The minimum atomic E-state index is -0.487. The molecule has 0 aliphatic rings. The molecule has 0 heterocycles. The number of hydrogen-bond donors (Lipinski definition) is 0. The summed E-state index contributed by atoms with van der Waals surface area (Å²) in [4.78, 5) is 20.0. The third-order valence-electron chi connectivity index (χ3n) is 1.45. The molecule has 0 aromatic carbocycles. The second-order valence-corrected chi connectivity index (χ2v) is 2.12. The molecule has 0 bridgehead atoms. The van der Waals surface area contributed by atoms with Crippen LogP contribution in [0.1, 0.15) is 20.3 Å².